The fraction of sp³-hybridized carbons (Fsp3) is 0.286. The first-order chi connectivity index (χ1) is 16.1. The van der Waals surface area contributed by atoms with Gasteiger partial charge in [0.15, 0.2) is 0 Å². The number of carbonyl (C=O) groups is 2. The molecule has 0 aromatic heterocycles. The van der Waals surface area contributed by atoms with Gasteiger partial charge in [-0.1, -0.05) is 59.6 Å². The maximum atomic E-state index is 13.0. The summed E-state index contributed by atoms with van der Waals surface area (Å²) in [7, 11) is 0. The highest BCUT2D eigenvalue weighted by atomic mass is 35.5. The van der Waals surface area contributed by atoms with Crippen LogP contribution in [0.2, 0.25) is 5.02 Å². The van der Waals surface area contributed by atoms with Gasteiger partial charge >= 0.3 is 0 Å². The van der Waals surface area contributed by atoms with E-state index in [2.05, 4.69) is 23.1 Å². The normalized spacial score (nSPS) is 16.4. The van der Waals surface area contributed by atoms with Crippen molar-refractivity contribution >= 4 is 34.2 Å². The van der Waals surface area contributed by atoms with E-state index in [4.69, 9.17) is 11.6 Å². The molecule has 168 valence electrons. The smallest absolute Gasteiger partial charge is 0.261 e. The van der Waals surface area contributed by atoms with Crippen molar-refractivity contribution in [2.75, 3.05) is 26.2 Å². The third-order valence-electron chi connectivity index (χ3n) is 6.69. The molecule has 3 aromatic carbocycles. The highest BCUT2D eigenvalue weighted by Gasteiger charge is 2.32. The highest BCUT2D eigenvalue weighted by molar-refractivity contribution is 6.30. The molecule has 2 aliphatic heterocycles. The lowest BCUT2D eigenvalue weighted by molar-refractivity contribution is 0.0606. The monoisotopic (exact) mass is 458 g/mol. The second-order valence-electron chi connectivity index (χ2n) is 8.89. The van der Waals surface area contributed by atoms with Gasteiger partial charge in [0.05, 0.1) is 0 Å². The maximum absolute atomic E-state index is 13.0. The molecule has 0 saturated carbocycles. The van der Waals surface area contributed by atoms with E-state index in [1.165, 1.54) is 16.0 Å². The Morgan fingerprint density at radius 1 is 0.818 bits per heavy atom. The number of unbranched alkanes of at least 4 members (excludes halogenated alkanes) is 1. The SMILES string of the molecule is O=C1c2cccc3cccc(c23)C(=O)N1CCCCN1CC=C(Cc2ccc(Cl)cc2)CC1. The lowest BCUT2D eigenvalue weighted by Gasteiger charge is -2.28. The minimum Gasteiger partial charge on any atom is -0.299 e. The summed E-state index contributed by atoms with van der Waals surface area (Å²) < 4.78 is 0. The van der Waals surface area contributed by atoms with Crippen LogP contribution < -0.4 is 0 Å². The van der Waals surface area contributed by atoms with Gasteiger partial charge in [0.1, 0.15) is 0 Å². The molecule has 33 heavy (non-hydrogen) atoms. The zero-order valence-corrected chi connectivity index (χ0v) is 19.4. The number of benzene rings is 3. The lowest BCUT2D eigenvalue weighted by Crippen LogP contribution is -2.41. The number of amides is 2. The topological polar surface area (TPSA) is 40.6 Å². The number of imide groups is 1. The molecule has 0 radical (unpaired) electrons. The van der Waals surface area contributed by atoms with Crippen LogP contribution in [0.15, 0.2) is 72.3 Å². The van der Waals surface area contributed by atoms with E-state index in [1.54, 1.807) is 0 Å². The van der Waals surface area contributed by atoms with E-state index >= 15 is 0 Å². The van der Waals surface area contributed by atoms with E-state index in [1.807, 2.05) is 48.5 Å². The molecule has 5 rings (SSSR count). The van der Waals surface area contributed by atoms with Gasteiger partial charge in [0.25, 0.3) is 11.8 Å². The van der Waals surface area contributed by atoms with Crippen LogP contribution in [0.5, 0.6) is 0 Å². The van der Waals surface area contributed by atoms with Crippen molar-refractivity contribution in [3.63, 3.8) is 0 Å². The van der Waals surface area contributed by atoms with Gasteiger partial charge in [-0.15, -0.1) is 0 Å². The molecule has 5 heteroatoms. The summed E-state index contributed by atoms with van der Waals surface area (Å²) in [5, 5.41) is 2.51. The molecule has 2 amide bonds. The number of hydrogen-bond donors (Lipinski definition) is 0. The number of hydrogen-bond acceptors (Lipinski definition) is 3. The molecule has 0 bridgehead atoms. The Morgan fingerprint density at radius 3 is 2.12 bits per heavy atom. The summed E-state index contributed by atoms with van der Waals surface area (Å²) in [5.41, 5.74) is 4.05. The summed E-state index contributed by atoms with van der Waals surface area (Å²) in [4.78, 5) is 29.9. The summed E-state index contributed by atoms with van der Waals surface area (Å²) in [5.74, 6) is -0.339. The van der Waals surface area contributed by atoms with Gasteiger partial charge in [-0.25, -0.2) is 0 Å². The van der Waals surface area contributed by atoms with Crippen LogP contribution in [-0.4, -0.2) is 47.8 Å². The van der Waals surface area contributed by atoms with Gasteiger partial charge in [-0.2, -0.15) is 0 Å². The Labute approximate surface area is 199 Å². The Hall–Kier alpha value is -2.95. The molecule has 0 spiro atoms. The summed E-state index contributed by atoms with van der Waals surface area (Å²) in [6.45, 7) is 3.46. The Kier molecular flexibility index (Phi) is 6.30. The molecule has 0 aliphatic carbocycles. The quantitative estimate of drug-likeness (QED) is 0.257. The molecule has 4 nitrogen and oxygen atoms in total. The maximum Gasteiger partial charge on any atom is 0.261 e. The van der Waals surface area contributed by atoms with E-state index in [9.17, 15) is 9.59 Å². The second-order valence-corrected chi connectivity index (χ2v) is 9.33. The average Bonchev–Trinajstić information content (AvgIpc) is 2.84. The molecule has 3 aromatic rings. The van der Waals surface area contributed by atoms with Crippen molar-refractivity contribution in [2.45, 2.75) is 25.7 Å². The van der Waals surface area contributed by atoms with Crippen molar-refractivity contribution in [2.24, 2.45) is 0 Å². The fourth-order valence-electron chi connectivity index (χ4n) is 4.87. The zero-order valence-electron chi connectivity index (χ0n) is 18.6. The van der Waals surface area contributed by atoms with Crippen LogP contribution in [0.3, 0.4) is 0 Å². The number of halogens is 1. The van der Waals surface area contributed by atoms with E-state index < -0.39 is 0 Å². The minimum absolute atomic E-state index is 0.169. The summed E-state index contributed by atoms with van der Waals surface area (Å²) in [6.07, 6.45) is 6.18. The first kappa shape index (κ1) is 21.9. The largest absolute Gasteiger partial charge is 0.299 e. The molecule has 2 aliphatic rings. The van der Waals surface area contributed by atoms with E-state index in [-0.39, 0.29) is 11.8 Å². The Bertz CT molecular complexity index is 1180. The van der Waals surface area contributed by atoms with Crippen LogP contribution in [0.1, 0.15) is 45.5 Å². The Balaban J connectivity index is 1.12. The Morgan fingerprint density at radius 2 is 1.48 bits per heavy atom. The van der Waals surface area contributed by atoms with Crippen LogP contribution in [0, 0.1) is 0 Å². The third kappa shape index (κ3) is 4.59. The third-order valence-corrected chi connectivity index (χ3v) is 6.95. The summed E-state index contributed by atoms with van der Waals surface area (Å²) >= 11 is 5.98. The molecular weight excluding hydrogens is 432 g/mol. The van der Waals surface area contributed by atoms with Crippen molar-refractivity contribution in [1.29, 1.82) is 0 Å². The first-order valence-corrected chi connectivity index (χ1v) is 12.0. The van der Waals surface area contributed by atoms with Crippen molar-refractivity contribution in [1.82, 2.24) is 9.80 Å². The van der Waals surface area contributed by atoms with E-state index in [0.717, 1.165) is 61.1 Å². The average molecular weight is 459 g/mol. The molecule has 2 heterocycles. The minimum atomic E-state index is -0.169. The van der Waals surface area contributed by atoms with Gasteiger partial charge in [0, 0.05) is 41.2 Å². The lowest BCUT2D eigenvalue weighted by atomic mass is 9.94. The van der Waals surface area contributed by atoms with Crippen LogP contribution in [-0.2, 0) is 6.42 Å². The van der Waals surface area contributed by atoms with Crippen molar-refractivity contribution in [3.8, 4) is 0 Å². The van der Waals surface area contributed by atoms with Crippen molar-refractivity contribution < 1.29 is 9.59 Å². The van der Waals surface area contributed by atoms with Gasteiger partial charge in [-0.3, -0.25) is 19.4 Å². The molecule has 0 unspecified atom stereocenters. The van der Waals surface area contributed by atoms with Crippen molar-refractivity contribution in [3.05, 3.63) is 94.0 Å². The predicted molar refractivity (Wildman–Crippen MR) is 133 cm³/mol. The summed E-state index contributed by atoms with van der Waals surface area (Å²) in [6, 6.07) is 19.4. The fourth-order valence-corrected chi connectivity index (χ4v) is 5.00. The van der Waals surface area contributed by atoms with Crippen LogP contribution in [0.4, 0.5) is 0 Å². The predicted octanol–water partition coefficient (Wildman–Crippen LogP) is 5.74. The second kappa shape index (κ2) is 9.50. The van der Waals surface area contributed by atoms with Crippen LogP contribution in [0.25, 0.3) is 10.8 Å². The molecule has 0 saturated heterocycles. The van der Waals surface area contributed by atoms with E-state index in [0.29, 0.717) is 17.7 Å². The standard InChI is InChI=1S/C28H27ClN2O2/c29-23-11-9-20(10-12-23)19-21-13-17-30(18-14-21)15-1-2-16-31-27(32)24-7-3-5-22-6-4-8-25(26(22)24)28(31)33/h3-13H,1-2,14-19H2. The number of carbonyl (C=O) groups excluding carboxylic acids is 2. The van der Waals surface area contributed by atoms with Gasteiger partial charge in [0.2, 0.25) is 0 Å². The molecule has 0 N–H and O–H groups in total. The molecule has 0 fully saturated rings. The number of nitrogens with zero attached hydrogens (tertiary/aromatic N) is 2. The molecule has 0 atom stereocenters. The highest BCUT2D eigenvalue weighted by Crippen LogP contribution is 2.30. The van der Waals surface area contributed by atoms with Crippen LogP contribution >= 0.6 is 11.6 Å². The molecular formula is C28H27ClN2O2. The van der Waals surface area contributed by atoms with Gasteiger partial charge in [-0.05, 0) is 67.4 Å². The number of rotatable bonds is 7. The first-order valence-electron chi connectivity index (χ1n) is 11.6. The van der Waals surface area contributed by atoms with Gasteiger partial charge < -0.3 is 0 Å². The zero-order chi connectivity index (χ0) is 22.8.